The van der Waals surface area contributed by atoms with Crippen LogP contribution in [-0.2, 0) is 17.8 Å². The fourth-order valence-corrected chi connectivity index (χ4v) is 2.29. The van der Waals surface area contributed by atoms with Gasteiger partial charge < -0.3 is 10.1 Å². The lowest BCUT2D eigenvalue weighted by atomic mass is 10.1. The fourth-order valence-electron chi connectivity index (χ4n) is 2.29. The molecule has 1 aliphatic rings. The van der Waals surface area contributed by atoms with Crippen molar-refractivity contribution < 1.29 is 4.74 Å². The van der Waals surface area contributed by atoms with Gasteiger partial charge in [0, 0.05) is 37.5 Å². The molecule has 1 N–H and O–H groups in total. The first-order valence-electron chi connectivity index (χ1n) is 7.10. The van der Waals surface area contributed by atoms with E-state index in [2.05, 4.69) is 30.5 Å². The molecule has 1 saturated heterocycles. The van der Waals surface area contributed by atoms with E-state index in [9.17, 15) is 0 Å². The topological polar surface area (TPSA) is 39.1 Å². The summed E-state index contributed by atoms with van der Waals surface area (Å²) in [7, 11) is 0. The molecule has 1 aromatic rings. The van der Waals surface area contributed by atoms with E-state index in [1.165, 1.54) is 24.8 Å². The van der Waals surface area contributed by atoms with Crippen LogP contribution >= 0.6 is 0 Å². The molecule has 1 aromatic heterocycles. The van der Waals surface area contributed by atoms with Crippen LogP contribution in [0.3, 0.4) is 0 Å². The highest BCUT2D eigenvalue weighted by atomic mass is 16.5. The summed E-state index contributed by atoms with van der Waals surface area (Å²) in [5.41, 5.74) is 1.26. The minimum Gasteiger partial charge on any atom is -0.378 e. The molecule has 0 aromatic carbocycles. The van der Waals surface area contributed by atoms with Gasteiger partial charge in [-0.2, -0.15) is 5.10 Å². The van der Waals surface area contributed by atoms with Crippen LogP contribution in [0.4, 0.5) is 0 Å². The number of ether oxygens (including phenoxy) is 1. The van der Waals surface area contributed by atoms with Crippen molar-refractivity contribution in [1.82, 2.24) is 15.1 Å². The third kappa shape index (κ3) is 4.42. The average Bonchev–Trinajstić information content (AvgIpc) is 2.97. The summed E-state index contributed by atoms with van der Waals surface area (Å²) in [6.07, 6.45) is 9.40. The Labute approximate surface area is 110 Å². The van der Waals surface area contributed by atoms with E-state index in [1.54, 1.807) is 0 Å². The normalized spacial score (nSPS) is 19.8. The Morgan fingerprint density at radius 1 is 1.56 bits per heavy atom. The lowest BCUT2D eigenvalue weighted by Crippen LogP contribution is -2.21. The van der Waals surface area contributed by atoms with Crippen LogP contribution in [0.15, 0.2) is 12.4 Å². The van der Waals surface area contributed by atoms with Crippen molar-refractivity contribution in [3.05, 3.63) is 18.0 Å². The maximum atomic E-state index is 5.62. The predicted octanol–water partition coefficient (Wildman–Crippen LogP) is 2.34. The number of hydrogen-bond acceptors (Lipinski definition) is 3. The lowest BCUT2D eigenvalue weighted by molar-refractivity contribution is 0.101. The molecule has 0 radical (unpaired) electrons. The molecule has 2 rings (SSSR count). The van der Waals surface area contributed by atoms with Crippen LogP contribution < -0.4 is 5.32 Å². The van der Waals surface area contributed by atoms with E-state index in [0.717, 1.165) is 26.1 Å². The number of nitrogens with one attached hydrogen (secondary N) is 1. The maximum absolute atomic E-state index is 5.62. The molecule has 1 fully saturated rings. The van der Waals surface area contributed by atoms with Gasteiger partial charge in [0.2, 0.25) is 0 Å². The second-order valence-electron chi connectivity index (χ2n) is 5.42. The van der Waals surface area contributed by atoms with Crippen LogP contribution in [0.25, 0.3) is 0 Å². The number of aryl methyl sites for hydroxylation is 1. The standard InChI is InChI=1S/C14H25N3O/c1-12(2)15-9-13-10-16-17(11-13)7-3-5-14-6-4-8-18-14/h10-12,14-15H,3-9H2,1-2H3. The molecule has 0 aliphatic carbocycles. The van der Waals surface area contributed by atoms with Gasteiger partial charge in [0.15, 0.2) is 0 Å². The second-order valence-corrected chi connectivity index (χ2v) is 5.42. The Bertz CT molecular complexity index is 343. The molecule has 1 unspecified atom stereocenters. The van der Waals surface area contributed by atoms with Gasteiger partial charge in [-0.3, -0.25) is 4.68 Å². The Morgan fingerprint density at radius 2 is 2.44 bits per heavy atom. The van der Waals surface area contributed by atoms with Gasteiger partial charge in [-0.05, 0) is 25.7 Å². The zero-order chi connectivity index (χ0) is 12.8. The summed E-state index contributed by atoms with van der Waals surface area (Å²) in [4.78, 5) is 0. The Hall–Kier alpha value is -0.870. The van der Waals surface area contributed by atoms with Crippen LogP contribution in [0.5, 0.6) is 0 Å². The summed E-state index contributed by atoms with van der Waals surface area (Å²) in [5, 5.41) is 7.80. The van der Waals surface area contributed by atoms with Gasteiger partial charge in [0.1, 0.15) is 0 Å². The molecule has 1 atom stereocenters. The first kappa shape index (κ1) is 13.6. The number of hydrogen-bond donors (Lipinski definition) is 1. The minimum absolute atomic E-state index is 0.502. The lowest BCUT2D eigenvalue weighted by Gasteiger charge is -2.08. The second kappa shape index (κ2) is 6.90. The highest BCUT2D eigenvalue weighted by Crippen LogP contribution is 2.17. The van der Waals surface area contributed by atoms with E-state index in [0.29, 0.717) is 12.1 Å². The zero-order valence-electron chi connectivity index (χ0n) is 11.6. The summed E-state index contributed by atoms with van der Waals surface area (Å²) >= 11 is 0. The highest BCUT2D eigenvalue weighted by Gasteiger charge is 2.14. The monoisotopic (exact) mass is 251 g/mol. The third-order valence-corrected chi connectivity index (χ3v) is 3.34. The van der Waals surface area contributed by atoms with Crippen molar-refractivity contribution >= 4 is 0 Å². The Balaban J connectivity index is 1.66. The highest BCUT2D eigenvalue weighted by molar-refractivity contribution is 5.03. The van der Waals surface area contributed by atoms with Crippen molar-refractivity contribution in [2.45, 2.75) is 64.8 Å². The van der Waals surface area contributed by atoms with E-state index < -0.39 is 0 Å². The van der Waals surface area contributed by atoms with Gasteiger partial charge in [-0.1, -0.05) is 13.8 Å². The van der Waals surface area contributed by atoms with E-state index in [-0.39, 0.29) is 0 Å². The van der Waals surface area contributed by atoms with Crippen molar-refractivity contribution in [2.75, 3.05) is 6.61 Å². The third-order valence-electron chi connectivity index (χ3n) is 3.34. The van der Waals surface area contributed by atoms with Gasteiger partial charge in [0.25, 0.3) is 0 Å². The first-order chi connectivity index (χ1) is 8.74. The summed E-state index contributed by atoms with van der Waals surface area (Å²) in [6, 6.07) is 0.521. The SMILES string of the molecule is CC(C)NCc1cnn(CCCC2CCCO2)c1. The fraction of sp³-hybridized carbons (Fsp3) is 0.786. The van der Waals surface area contributed by atoms with Gasteiger partial charge in [0.05, 0.1) is 12.3 Å². The zero-order valence-corrected chi connectivity index (χ0v) is 11.6. The van der Waals surface area contributed by atoms with Crippen molar-refractivity contribution in [1.29, 1.82) is 0 Å². The Morgan fingerprint density at radius 3 is 3.17 bits per heavy atom. The first-order valence-corrected chi connectivity index (χ1v) is 7.10. The van der Waals surface area contributed by atoms with Crippen molar-refractivity contribution in [3.63, 3.8) is 0 Å². The number of nitrogens with zero attached hydrogens (tertiary/aromatic N) is 2. The van der Waals surface area contributed by atoms with Gasteiger partial charge in [-0.25, -0.2) is 0 Å². The van der Waals surface area contributed by atoms with Crippen molar-refractivity contribution in [3.8, 4) is 0 Å². The van der Waals surface area contributed by atoms with Crippen LogP contribution in [-0.4, -0.2) is 28.5 Å². The molecule has 0 bridgehead atoms. The molecule has 0 spiro atoms. The van der Waals surface area contributed by atoms with Crippen LogP contribution in [0.1, 0.15) is 45.1 Å². The molecular weight excluding hydrogens is 226 g/mol. The molecule has 0 saturated carbocycles. The number of rotatable bonds is 7. The summed E-state index contributed by atoms with van der Waals surface area (Å²) < 4.78 is 7.67. The summed E-state index contributed by atoms with van der Waals surface area (Å²) in [5.74, 6) is 0. The van der Waals surface area contributed by atoms with E-state index in [1.807, 2.05) is 10.9 Å². The average molecular weight is 251 g/mol. The molecule has 18 heavy (non-hydrogen) atoms. The van der Waals surface area contributed by atoms with Crippen LogP contribution in [0, 0.1) is 0 Å². The van der Waals surface area contributed by atoms with Crippen LogP contribution in [0.2, 0.25) is 0 Å². The predicted molar refractivity (Wildman–Crippen MR) is 72.4 cm³/mol. The largest absolute Gasteiger partial charge is 0.378 e. The molecule has 102 valence electrons. The molecule has 4 nitrogen and oxygen atoms in total. The van der Waals surface area contributed by atoms with Gasteiger partial charge in [-0.15, -0.1) is 0 Å². The van der Waals surface area contributed by atoms with Gasteiger partial charge >= 0.3 is 0 Å². The molecule has 0 amide bonds. The Kier molecular flexibility index (Phi) is 5.20. The molecule has 2 heterocycles. The molecular formula is C14H25N3O. The quantitative estimate of drug-likeness (QED) is 0.808. The molecule has 4 heteroatoms. The molecule has 1 aliphatic heterocycles. The summed E-state index contributed by atoms with van der Waals surface area (Å²) in [6.45, 7) is 7.18. The van der Waals surface area contributed by atoms with E-state index >= 15 is 0 Å². The minimum atomic E-state index is 0.502. The van der Waals surface area contributed by atoms with Crippen molar-refractivity contribution in [2.24, 2.45) is 0 Å². The van der Waals surface area contributed by atoms with E-state index in [4.69, 9.17) is 4.74 Å². The maximum Gasteiger partial charge on any atom is 0.0576 e. The number of aromatic nitrogens is 2. The smallest absolute Gasteiger partial charge is 0.0576 e.